The summed E-state index contributed by atoms with van der Waals surface area (Å²) < 4.78 is 0. The molecule has 1 heterocycles. The predicted octanol–water partition coefficient (Wildman–Crippen LogP) is 5.95. The maximum Gasteiger partial charge on any atom is 0.178 e. The van der Waals surface area contributed by atoms with E-state index >= 15 is 0 Å². The van der Waals surface area contributed by atoms with Gasteiger partial charge >= 0.3 is 0 Å². The Morgan fingerprint density at radius 1 is 1.07 bits per heavy atom. The van der Waals surface area contributed by atoms with Crippen molar-refractivity contribution in [1.82, 2.24) is 4.90 Å². The van der Waals surface area contributed by atoms with Crippen LogP contribution in [0.5, 0.6) is 0 Å². The van der Waals surface area contributed by atoms with Crippen molar-refractivity contribution < 1.29 is 4.79 Å². The first kappa shape index (κ1) is 19.6. The van der Waals surface area contributed by atoms with E-state index in [0.717, 1.165) is 47.5 Å². The maximum absolute atomic E-state index is 13.1. The van der Waals surface area contributed by atoms with Gasteiger partial charge in [0.25, 0.3) is 0 Å². The second kappa shape index (κ2) is 7.98. The molecular formula is C23H24Cl2N2O. The summed E-state index contributed by atoms with van der Waals surface area (Å²) in [4.78, 5) is 20.5. The predicted molar refractivity (Wildman–Crippen MR) is 116 cm³/mol. The number of hydrogen-bond acceptors (Lipinski definition) is 3. The standard InChI is InChI=1S/C23H24Cl2N2O/c1-16-6-5-7-19(22(16)25)21(28)15-27-14-20(17-8-10-18(24)11-9-17)26-23(27)12-3-2-4-13-23/h5-11H,2-4,12-15H2,1H3. The molecule has 1 aliphatic heterocycles. The quantitative estimate of drug-likeness (QED) is 0.578. The Labute approximate surface area is 176 Å². The lowest BCUT2D eigenvalue weighted by molar-refractivity contribution is 0.0689. The van der Waals surface area contributed by atoms with E-state index in [2.05, 4.69) is 4.90 Å². The van der Waals surface area contributed by atoms with Gasteiger partial charge in [-0.3, -0.25) is 14.7 Å². The van der Waals surface area contributed by atoms with Crippen molar-refractivity contribution in [2.24, 2.45) is 4.99 Å². The lowest BCUT2D eigenvalue weighted by Crippen LogP contribution is -2.47. The first-order chi connectivity index (χ1) is 13.5. The second-order valence-corrected chi connectivity index (χ2v) is 8.64. The fourth-order valence-corrected chi connectivity index (χ4v) is 4.71. The van der Waals surface area contributed by atoms with Crippen LogP contribution in [0.2, 0.25) is 10.0 Å². The van der Waals surface area contributed by atoms with Gasteiger partial charge in [-0.2, -0.15) is 0 Å². The van der Waals surface area contributed by atoms with Crippen molar-refractivity contribution in [1.29, 1.82) is 0 Å². The van der Waals surface area contributed by atoms with Gasteiger partial charge in [0.1, 0.15) is 5.66 Å². The van der Waals surface area contributed by atoms with Crippen LogP contribution >= 0.6 is 23.2 Å². The zero-order chi connectivity index (χ0) is 19.7. The molecule has 2 aromatic carbocycles. The molecule has 0 bridgehead atoms. The van der Waals surface area contributed by atoms with Gasteiger partial charge in [-0.1, -0.05) is 53.9 Å². The smallest absolute Gasteiger partial charge is 0.178 e. The Hall–Kier alpha value is -1.68. The van der Waals surface area contributed by atoms with E-state index in [4.69, 9.17) is 28.2 Å². The highest BCUT2D eigenvalue weighted by atomic mass is 35.5. The highest BCUT2D eigenvalue weighted by molar-refractivity contribution is 6.34. The lowest BCUT2D eigenvalue weighted by atomic mass is 9.88. The van der Waals surface area contributed by atoms with Gasteiger partial charge in [0.05, 0.1) is 17.3 Å². The molecule has 0 atom stereocenters. The number of hydrogen-bond donors (Lipinski definition) is 0. The van der Waals surface area contributed by atoms with Crippen LogP contribution in [0.1, 0.15) is 53.6 Å². The maximum atomic E-state index is 13.1. The molecule has 3 nitrogen and oxygen atoms in total. The summed E-state index contributed by atoms with van der Waals surface area (Å²) >= 11 is 12.5. The minimum Gasteiger partial charge on any atom is -0.293 e. The van der Waals surface area contributed by atoms with Crippen LogP contribution in [0, 0.1) is 6.92 Å². The van der Waals surface area contributed by atoms with Crippen molar-refractivity contribution >= 4 is 34.7 Å². The van der Waals surface area contributed by atoms with E-state index in [0.29, 0.717) is 23.7 Å². The van der Waals surface area contributed by atoms with Gasteiger partial charge < -0.3 is 0 Å². The molecule has 2 aromatic rings. The molecule has 0 amide bonds. The fraction of sp³-hybridized carbons (Fsp3) is 0.391. The van der Waals surface area contributed by atoms with Crippen LogP contribution in [0.15, 0.2) is 47.5 Å². The van der Waals surface area contributed by atoms with Crippen LogP contribution in [0.4, 0.5) is 0 Å². The van der Waals surface area contributed by atoms with E-state index in [1.54, 1.807) is 0 Å². The van der Waals surface area contributed by atoms with Gasteiger partial charge in [0.15, 0.2) is 5.78 Å². The van der Waals surface area contributed by atoms with Crippen molar-refractivity contribution in [3.63, 3.8) is 0 Å². The molecule has 0 radical (unpaired) electrons. The van der Waals surface area contributed by atoms with Crippen LogP contribution < -0.4 is 0 Å². The highest BCUT2D eigenvalue weighted by Crippen LogP contribution is 2.39. The highest BCUT2D eigenvalue weighted by Gasteiger charge is 2.43. The second-order valence-electron chi connectivity index (χ2n) is 7.82. The molecule has 0 N–H and O–H groups in total. The topological polar surface area (TPSA) is 32.7 Å². The summed E-state index contributed by atoms with van der Waals surface area (Å²) in [5, 5.41) is 1.28. The average molecular weight is 415 g/mol. The van der Waals surface area contributed by atoms with Crippen molar-refractivity contribution in [3.8, 4) is 0 Å². The Kier molecular flexibility index (Phi) is 5.59. The van der Waals surface area contributed by atoms with Gasteiger partial charge in [-0.05, 0) is 61.9 Å². The van der Waals surface area contributed by atoms with Crippen LogP contribution in [0.3, 0.4) is 0 Å². The normalized spacial score (nSPS) is 19.0. The zero-order valence-corrected chi connectivity index (χ0v) is 17.6. The average Bonchev–Trinajstić information content (AvgIpc) is 3.02. The Balaban J connectivity index is 1.61. The molecule has 0 aromatic heterocycles. The molecule has 1 aliphatic carbocycles. The molecule has 1 saturated carbocycles. The Morgan fingerprint density at radius 2 is 1.79 bits per heavy atom. The largest absolute Gasteiger partial charge is 0.293 e. The number of ketones is 1. The summed E-state index contributed by atoms with van der Waals surface area (Å²) in [5.41, 5.74) is 3.39. The summed E-state index contributed by atoms with van der Waals surface area (Å²) in [7, 11) is 0. The number of benzene rings is 2. The SMILES string of the molecule is Cc1cccc(C(=O)CN2CC(c3ccc(Cl)cc3)=NC23CCCCC3)c1Cl. The molecule has 1 spiro atoms. The number of rotatable bonds is 4. The Bertz CT molecular complexity index is 915. The van der Waals surface area contributed by atoms with E-state index < -0.39 is 0 Å². The summed E-state index contributed by atoms with van der Waals surface area (Å²) in [5.74, 6) is 0.0613. The number of Topliss-reactive ketones (excluding diaryl/α,β-unsaturated/α-hetero) is 1. The van der Waals surface area contributed by atoms with Crippen molar-refractivity contribution in [2.45, 2.75) is 44.7 Å². The third kappa shape index (κ3) is 3.76. The summed E-state index contributed by atoms with van der Waals surface area (Å²) in [6, 6.07) is 13.5. The number of carbonyl (C=O) groups is 1. The minimum absolute atomic E-state index is 0.0613. The third-order valence-corrected chi connectivity index (χ3v) is 6.68. The minimum atomic E-state index is -0.265. The monoisotopic (exact) mass is 414 g/mol. The first-order valence-electron chi connectivity index (χ1n) is 9.86. The van der Waals surface area contributed by atoms with E-state index in [1.807, 2.05) is 49.4 Å². The molecule has 146 valence electrons. The van der Waals surface area contributed by atoms with Crippen LogP contribution in [-0.4, -0.2) is 35.1 Å². The molecule has 1 fully saturated rings. The van der Waals surface area contributed by atoms with Crippen molar-refractivity contribution in [2.75, 3.05) is 13.1 Å². The molecule has 0 unspecified atom stereocenters. The number of carbonyl (C=O) groups excluding carboxylic acids is 1. The zero-order valence-electron chi connectivity index (χ0n) is 16.0. The number of aryl methyl sites for hydroxylation is 1. The Morgan fingerprint density at radius 3 is 2.50 bits per heavy atom. The fourth-order valence-electron chi connectivity index (χ4n) is 4.35. The van der Waals surface area contributed by atoms with Gasteiger partial charge in [-0.25, -0.2) is 0 Å². The molecule has 0 saturated heterocycles. The van der Waals surface area contributed by atoms with Gasteiger partial charge in [-0.15, -0.1) is 0 Å². The van der Waals surface area contributed by atoms with E-state index in [9.17, 15) is 4.79 Å². The number of aliphatic imine (C=N–C) groups is 1. The number of nitrogens with zero attached hydrogens (tertiary/aromatic N) is 2. The molecule has 28 heavy (non-hydrogen) atoms. The first-order valence-corrected chi connectivity index (χ1v) is 10.6. The van der Waals surface area contributed by atoms with Crippen LogP contribution in [0.25, 0.3) is 0 Å². The summed E-state index contributed by atoms with van der Waals surface area (Å²) in [6.07, 6.45) is 5.53. The molecular weight excluding hydrogens is 391 g/mol. The van der Waals surface area contributed by atoms with Gasteiger partial charge in [0.2, 0.25) is 0 Å². The van der Waals surface area contributed by atoms with Gasteiger partial charge in [0, 0.05) is 17.1 Å². The molecule has 5 heteroatoms. The lowest BCUT2D eigenvalue weighted by Gasteiger charge is -2.39. The van der Waals surface area contributed by atoms with Crippen LogP contribution in [-0.2, 0) is 0 Å². The van der Waals surface area contributed by atoms with Crippen molar-refractivity contribution in [3.05, 3.63) is 69.2 Å². The third-order valence-electron chi connectivity index (χ3n) is 5.93. The molecule has 4 rings (SSSR count). The van der Waals surface area contributed by atoms with E-state index in [1.165, 1.54) is 6.42 Å². The molecule has 2 aliphatic rings. The summed E-state index contributed by atoms with van der Waals surface area (Å²) in [6.45, 7) is 2.94. The number of halogens is 2. The van der Waals surface area contributed by atoms with E-state index in [-0.39, 0.29) is 11.4 Å².